The number of benzene rings is 1. The second-order valence-electron chi connectivity index (χ2n) is 2.84. The van der Waals surface area contributed by atoms with Crippen LogP contribution >= 0.6 is 12.6 Å². The van der Waals surface area contributed by atoms with Crippen LogP contribution in [0.25, 0.3) is 0 Å². The lowest BCUT2D eigenvalue weighted by Crippen LogP contribution is -1.99. The molecule has 1 aromatic rings. The first-order valence-corrected chi connectivity index (χ1v) is 4.74. The van der Waals surface area contributed by atoms with E-state index in [2.05, 4.69) is 26.5 Å². The van der Waals surface area contributed by atoms with Gasteiger partial charge in [0.2, 0.25) is 0 Å². The van der Waals surface area contributed by atoms with Gasteiger partial charge in [-0.2, -0.15) is 0 Å². The molecule has 0 atom stereocenters. The Morgan fingerprint density at radius 1 is 1.17 bits per heavy atom. The Labute approximate surface area is 79.4 Å². The summed E-state index contributed by atoms with van der Waals surface area (Å²) in [5.41, 5.74) is 9.28. The third-order valence-corrected chi connectivity index (χ3v) is 2.57. The third-order valence-electron chi connectivity index (χ3n) is 2.15. The van der Waals surface area contributed by atoms with E-state index < -0.39 is 0 Å². The summed E-state index contributed by atoms with van der Waals surface area (Å²) >= 11 is 4.39. The molecule has 0 spiro atoms. The largest absolute Gasteiger partial charge is 0.398 e. The quantitative estimate of drug-likeness (QED) is 0.532. The molecule has 0 unspecified atom stereocenters. The monoisotopic (exact) mass is 181 g/mol. The van der Waals surface area contributed by atoms with Crippen molar-refractivity contribution in [2.75, 3.05) is 5.73 Å². The molecule has 12 heavy (non-hydrogen) atoms. The topological polar surface area (TPSA) is 26.0 Å². The predicted molar refractivity (Wildman–Crippen MR) is 56.9 cm³/mol. The van der Waals surface area contributed by atoms with Crippen LogP contribution in [0.15, 0.2) is 17.0 Å². The molecule has 0 bridgehead atoms. The second-order valence-corrected chi connectivity index (χ2v) is 3.32. The van der Waals surface area contributed by atoms with E-state index in [4.69, 9.17) is 5.73 Å². The van der Waals surface area contributed by atoms with Gasteiger partial charge in [0.15, 0.2) is 0 Å². The molecule has 0 amide bonds. The van der Waals surface area contributed by atoms with E-state index in [0.29, 0.717) is 0 Å². The molecule has 1 nitrogen and oxygen atoms in total. The van der Waals surface area contributed by atoms with Gasteiger partial charge in [-0.1, -0.05) is 13.8 Å². The van der Waals surface area contributed by atoms with E-state index in [0.717, 1.165) is 23.4 Å². The van der Waals surface area contributed by atoms with Gasteiger partial charge in [-0.3, -0.25) is 0 Å². The van der Waals surface area contributed by atoms with E-state index in [1.165, 1.54) is 11.1 Å². The molecular formula is C10H15NS. The van der Waals surface area contributed by atoms with Crippen molar-refractivity contribution in [1.82, 2.24) is 0 Å². The van der Waals surface area contributed by atoms with Crippen molar-refractivity contribution in [1.29, 1.82) is 0 Å². The smallest absolute Gasteiger partial charge is 0.0350 e. The molecule has 0 aromatic heterocycles. The Kier molecular flexibility index (Phi) is 3.04. The summed E-state index contributed by atoms with van der Waals surface area (Å²) in [6.45, 7) is 4.26. The van der Waals surface area contributed by atoms with E-state index in [-0.39, 0.29) is 0 Å². The van der Waals surface area contributed by atoms with Gasteiger partial charge >= 0.3 is 0 Å². The first-order valence-electron chi connectivity index (χ1n) is 4.29. The molecule has 1 rings (SSSR count). The number of anilines is 1. The molecule has 66 valence electrons. The SMILES string of the molecule is CCc1c(N)ccc(S)c1CC. The number of thiol groups is 1. The Morgan fingerprint density at radius 2 is 1.75 bits per heavy atom. The summed E-state index contributed by atoms with van der Waals surface area (Å²) in [7, 11) is 0. The molecule has 2 heteroatoms. The van der Waals surface area contributed by atoms with Gasteiger partial charge in [0.05, 0.1) is 0 Å². The minimum Gasteiger partial charge on any atom is -0.398 e. The molecule has 1 aromatic carbocycles. The normalized spacial score (nSPS) is 10.2. The van der Waals surface area contributed by atoms with Gasteiger partial charge in [-0.15, -0.1) is 12.6 Å². The maximum atomic E-state index is 5.84. The highest BCUT2D eigenvalue weighted by Gasteiger charge is 2.05. The van der Waals surface area contributed by atoms with Gasteiger partial charge in [0.1, 0.15) is 0 Å². The standard InChI is InChI=1S/C10H15NS/c1-3-7-8(4-2)10(12)6-5-9(7)11/h5-6,12H,3-4,11H2,1-2H3. The minimum atomic E-state index is 0.896. The Hall–Kier alpha value is -0.630. The average molecular weight is 181 g/mol. The summed E-state index contributed by atoms with van der Waals surface area (Å²) in [6, 6.07) is 3.90. The molecule has 0 heterocycles. The zero-order valence-corrected chi connectivity index (χ0v) is 8.49. The van der Waals surface area contributed by atoms with Crippen LogP contribution in [0, 0.1) is 0 Å². The average Bonchev–Trinajstić information content (AvgIpc) is 2.08. The first kappa shape index (κ1) is 9.46. The molecule has 0 fully saturated rings. The zero-order chi connectivity index (χ0) is 9.14. The van der Waals surface area contributed by atoms with Crippen LogP contribution in [0.2, 0.25) is 0 Å². The minimum absolute atomic E-state index is 0.896. The summed E-state index contributed by atoms with van der Waals surface area (Å²) in [6.07, 6.45) is 2.00. The summed E-state index contributed by atoms with van der Waals surface area (Å²) in [5, 5.41) is 0. The molecule has 0 aliphatic heterocycles. The molecular weight excluding hydrogens is 166 g/mol. The Bertz CT molecular complexity index is 252. The summed E-state index contributed by atoms with van der Waals surface area (Å²) in [5.74, 6) is 0. The number of hydrogen-bond donors (Lipinski definition) is 2. The molecule has 0 saturated carbocycles. The van der Waals surface area contributed by atoms with Gasteiger partial charge in [-0.25, -0.2) is 0 Å². The van der Waals surface area contributed by atoms with Gasteiger partial charge in [-0.05, 0) is 36.1 Å². The van der Waals surface area contributed by atoms with Crippen molar-refractivity contribution in [3.63, 3.8) is 0 Å². The van der Waals surface area contributed by atoms with E-state index >= 15 is 0 Å². The lowest BCUT2D eigenvalue weighted by molar-refractivity contribution is 1.00. The van der Waals surface area contributed by atoms with Gasteiger partial charge < -0.3 is 5.73 Å². The maximum Gasteiger partial charge on any atom is 0.0350 e. The fourth-order valence-electron chi connectivity index (χ4n) is 1.51. The van der Waals surface area contributed by atoms with Crippen molar-refractivity contribution in [2.45, 2.75) is 31.6 Å². The highest BCUT2D eigenvalue weighted by atomic mass is 32.1. The van der Waals surface area contributed by atoms with Crippen molar-refractivity contribution in [3.8, 4) is 0 Å². The van der Waals surface area contributed by atoms with Crippen molar-refractivity contribution in [3.05, 3.63) is 23.3 Å². The Morgan fingerprint density at radius 3 is 2.17 bits per heavy atom. The second kappa shape index (κ2) is 3.85. The van der Waals surface area contributed by atoms with Crippen LogP contribution in [-0.4, -0.2) is 0 Å². The molecule has 0 aliphatic carbocycles. The zero-order valence-electron chi connectivity index (χ0n) is 7.59. The van der Waals surface area contributed by atoms with Crippen molar-refractivity contribution >= 4 is 18.3 Å². The van der Waals surface area contributed by atoms with E-state index in [1.54, 1.807) is 0 Å². The van der Waals surface area contributed by atoms with E-state index in [1.807, 2.05) is 12.1 Å². The van der Waals surface area contributed by atoms with Crippen LogP contribution in [0.5, 0.6) is 0 Å². The highest BCUT2D eigenvalue weighted by Crippen LogP contribution is 2.24. The number of nitrogens with two attached hydrogens (primary N) is 1. The highest BCUT2D eigenvalue weighted by molar-refractivity contribution is 7.80. The van der Waals surface area contributed by atoms with Crippen molar-refractivity contribution in [2.24, 2.45) is 0 Å². The summed E-state index contributed by atoms with van der Waals surface area (Å²) in [4.78, 5) is 1.06. The van der Waals surface area contributed by atoms with Crippen LogP contribution in [0.3, 0.4) is 0 Å². The number of rotatable bonds is 2. The predicted octanol–water partition coefficient (Wildman–Crippen LogP) is 2.68. The first-order chi connectivity index (χ1) is 5.70. The lowest BCUT2D eigenvalue weighted by Gasteiger charge is -2.11. The molecule has 0 aliphatic rings. The fraction of sp³-hybridized carbons (Fsp3) is 0.400. The van der Waals surface area contributed by atoms with Crippen LogP contribution < -0.4 is 5.73 Å². The lowest BCUT2D eigenvalue weighted by atomic mass is 10.0. The van der Waals surface area contributed by atoms with Crippen molar-refractivity contribution < 1.29 is 0 Å². The fourth-order valence-corrected chi connectivity index (χ4v) is 1.88. The van der Waals surface area contributed by atoms with Gasteiger partial charge in [0.25, 0.3) is 0 Å². The third kappa shape index (κ3) is 1.58. The Balaban J connectivity index is 3.28. The molecule has 0 radical (unpaired) electrons. The van der Waals surface area contributed by atoms with Crippen LogP contribution in [-0.2, 0) is 12.8 Å². The van der Waals surface area contributed by atoms with E-state index in [9.17, 15) is 0 Å². The molecule has 0 saturated heterocycles. The summed E-state index contributed by atoms with van der Waals surface area (Å²) < 4.78 is 0. The van der Waals surface area contributed by atoms with Gasteiger partial charge in [0, 0.05) is 10.6 Å². The number of hydrogen-bond acceptors (Lipinski definition) is 2. The molecule has 2 N–H and O–H groups in total. The number of nitrogen functional groups attached to an aromatic ring is 1. The van der Waals surface area contributed by atoms with Crippen LogP contribution in [0.4, 0.5) is 5.69 Å². The maximum absolute atomic E-state index is 5.84. The van der Waals surface area contributed by atoms with Crippen LogP contribution in [0.1, 0.15) is 25.0 Å².